The van der Waals surface area contributed by atoms with Crippen LogP contribution in [0.5, 0.6) is 0 Å². The van der Waals surface area contributed by atoms with Crippen LogP contribution >= 0.6 is 6.89 Å². The number of anilines is 1. The van der Waals surface area contributed by atoms with Crippen LogP contribution in [0.25, 0.3) is 11.2 Å². The molecule has 1 aliphatic heterocycles. The molecule has 0 amide bonds. The van der Waals surface area contributed by atoms with Crippen molar-refractivity contribution < 1.29 is 9.84 Å². The van der Waals surface area contributed by atoms with Crippen LogP contribution in [-0.2, 0) is 4.74 Å². The van der Waals surface area contributed by atoms with Crippen LogP contribution in [0, 0.1) is 5.92 Å². The predicted octanol–water partition coefficient (Wildman–Crippen LogP) is 2.40. The minimum absolute atomic E-state index is 0.0677. The molecule has 0 bridgehead atoms. The Labute approximate surface area is 143 Å². The van der Waals surface area contributed by atoms with E-state index in [0.717, 1.165) is 12.6 Å². The monoisotopic (exact) mass is 350 g/mol. The average molecular weight is 350 g/mol. The molecule has 0 spiro atoms. The lowest BCUT2D eigenvalue weighted by Crippen LogP contribution is -2.38. The zero-order chi connectivity index (χ0) is 17.7. The summed E-state index contributed by atoms with van der Waals surface area (Å²) in [5.41, 5.74) is 7.33. The van der Waals surface area contributed by atoms with E-state index in [0.29, 0.717) is 16.9 Å². The van der Waals surface area contributed by atoms with Gasteiger partial charge in [0, 0.05) is 12.1 Å². The van der Waals surface area contributed by atoms with E-state index in [-0.39, 0.29) is 12.1 Å². The van der Waals surface area contributed by atoms with Crippen molar-refractivity contribution in [1.82, 2.24) is 14.5 Å². The van der Waals surface area contributed by atoms with Crippen molar-refractivity contribution in [3.05, 3.63) is 18.6 Å². The first-order chi connectivity index (χ1) is 11.1. The van der Waals surface area contributed by atoms with Crippen LogP contribution in [0.15, 0.2) is 18.6 Å². The van der Waals surface area contributed by atoms with Gasteiger partial charge in [-0.15, -0.1) is 13.2 Å². The number of nitrogens with zero attached hydrogens (tertiary/aromatic N) is 3. The minimum atomic E-state index is -1.17. The zero-order valence-corrected chi connectivity index (χ0v) is 15.7. The topological polar surface area (TPSA) is 86.2 Å². The number of aromatic nitrogens is 3. The van der Waals surface area contributed by atoms with Gasteiger partial charge in [0.15, 0.2) is 5.65 Å². The highest BCUT2D eigenvalue weighted by molar-refractivity contribution is 7.72. The van der Waals surface area contributed by atoms with Crippen molar-refractivity contribution in [1.29, 1.82) is 0 Å². The van der Waals surface area contributed by atoms with Crippen LogP contribution in [0.3, 0.4) is 0 Å². The van der Waals surface area contributed by atoms with Crippen LogP contribution in [0.2, 0.25) is 0 Å². The largest absolute Gasteiger partial charge is 0.397 e. The number of fused-ring (bicyclic) bond motifs is 1. The van der Waals surface area contributed by atoms with E-state index >= 15 is 0 Å². The number of imidazole rings is 1. The summed E-state index contributed by atoms with van der Waals surface area (Å²) in [6.07, 6.45) is 8.55. The summed E-state index contributed by atoms with van der Waals surface area (Å²) in [4.78, 5) is 8.76. The summed E-state index contributed by atoms with van der Waals surface area (Å²) in [6, 6.07) is 1.73. The van der Waals surface area contributed by atoms with Crippen LogP contribution in [0.1, 0.15) is 26.5 Å². The molecule has 7 heteroatoms. The molecule has 0 radical (unpaired) electrons. The second-order valence-corrected chi connectivity index (χ2v) is 12.1. The molecule has 1 saturated heterocycles. The second-order valence-electron chi connectivity index (χ2n) is 7.76. The van der Waals surface area contributed by atoms with Crippen LogP contribution in [-0.4, -0.2) is 57.1 Å². The van der Waals surface area contributed by atoms with Crippen molar-refractivity contribution >= 4 is 30.0 Å². The Bertz CT molecular complexity index is 799. The predicted molar refractivity (Wildman–Crippen MR) is 101 cm³/mol. The lowest BCUT2D eigenvalue weighted by Gasteiger charge is -2.30. The number of rotatable bonds is 4. The van der Waals surface area contributed by atoms with Gasteiger partial charge in [-0.2, -0.15) is 0 Å². The number of ether oxygens (including phenoxy) is 1. The molecule has 3 N–H and O–H groups in total. The number of nitrogen functional groups attached to an aromatic ring is 1. The standard InChI is InChI=1S/C17H27N4O2P/c1-11-14(22)17(2,7-9-24(3,4)5)23-16(11)21-10-20-13-12(18)6-8-19-15(13)21/h6,8,10-11,14,16,22H,3,7,9H2,1-2,4-5H3,(H2,18,19)/t11-,14+,16-,17-/m1/s1. The number of aliphatic hydroxyl groups excluding tert-OH is 1. The van der Waals surface area contributed by atoms with E-state index in [9.17, 15) is 5.11 Å². The highest BCUT2D eigenvalue weighted by Gasteiger charge is 2.50. The Kier molecular flexibility index (Phi) is 4.27. The molecule has 6 nitrogen and oxygen atoms in total. The lowest BCUT2D eigenvalue weighted by atomic mass is 9.90. The lowest BCUT2D eigenvalue weighted by molar-refractivity contribution is -0.0911. The van der Waals surface area contributed by atoms with Gasteiger partial charge in [-0.25, -0.2) is 9.97 Å². The molecular formula is C17H27N4O2P. The fraction of sp³-hybridized carbons (Fsp3) is 0.588. The third-order valence-electron chi connectivity index (χ3n) is 4.94. The maximum Gasteiger partial charge on any atom is 0.164 e. The zero-order valence-electron chi connectivity index (χ0n) is 14.8. The van der Waals surface area contributed by atoms with E-state index < -0.39 is 18.6 Å². The molecule has 0 aliphatic carbocycles. The van der Waals surface area contributed by atoms with Gasteiger partial charge in [-0.05, 0) is 38.9 Å². The first-order valence-corrected chi connectivity index (χ1v) is 11.3. The number of aliphatic hydroxyl groups is 1. The summed E-state index contributed by atoms with van der Waals surface area (Å²) in [5, 5.41) is 10.8. The summed E-state index contributed by atoms with van der Waals surface area (Å²) >= 11 is 0. The number of nitrogens with two attached hydrogens (primary N) is 1. The van der Waals surface area contributed by atoms with Crippen molar-refractivity contribution in [2.24, 2.45) is 5.92 Å². The fourth-order valence-electron chi connectivity index (χ4n) is 3.35. The summed E-state index contributed by atoms with van der Waals surface area (Å²) in [7, 11) is 0. The van der Waals surface area contributed by atoms with Gasteiger partial charge >= 0.3 is 0 Å². The Morgan fingerprint density at radius 1 is 1.46 bits per heavy atom. The normalized spacial score (nSPS) is 31.0. The molecule has 1 aliphatic rings. The van der Waals surface area contributed by atoms with Crippen molar-refractivity contribution in [2.45, 2.75) is 38.2 Å². The maximum atomic E-state index is 10.8. The molecular weight excluding hydrogens is 323 g/mol. The van der Waals surface area contributed by atoms with E-state index in [4.69, 9.17) is 10.5 Å². The molecule has 2 aromatic rings. The van der Waals surface area contributed by atoms with E-state index in [1.165, 1.54) is 0 Å². The summed E-state index contributed by atoms with van der Waals surface area (Å²) in [6.45, 7) is 7.23. The first kappa shape index (κ1) is 17.5. The smallest absolute Gasteiger partial charge is 0.164 e. The highest BCUT2D eigenvalue weighted by Crippen LogP contribution is 2.47. The molecule has 0 saturated carbocycles. The van der Waals surface area contributed by atoms with E-state index in [2.05, 4.69) is 29.6 Å². The molecule has 1 fully saturated rings. The minimum Gasteiger partial charge on any atom is -0.397 e. The third-order valence-corrected chi connectivity index (χ3v) is 6.38. The van der Waals surface area contributed by atoms with E-state index in [1.54, 1.807) is 18.6 Å². The fourth-order valence-corrected chi connectivity index (χ4v) is 4.40. The van der Waals surface area contributed by atoms with Crippen molar-refractivity contribution in [3.63, 3.8) is 0 Å². The number of hydrogen-bond acceptors (Lipinski definition) is 5. The van der Waals surface area contributed by atoms with Gasteiger partial charge in [0.05, 0.1) is 23.7 Å². The van der Waals surface area contributed by atoms with E-state index in [1.807, 2.05) is 18.4 Å². The Morgan fingerprint density at radius 3 is 2.83 bits per heavy atom. The van der Waals surface area contributed by atoms with Gasteiger partial charge in [0.25, 0.3) is 0 Å². The maximum absolute atomic E-state index is 10.8. The first-order valence-electron chi connectivity index (χ1n) is 8.23. The highest BCUT2D eigenvalue weighted by atomic mass is 31.2. The molecule has 2 aromatic heterocycles. The molecule has 3 rings (SSSR count). The van der Waals surface area contributed by atoms with Gasteiger partial charge in [0.2, 0.25) is 0 Å². The Balaban J connectivity index is 1.92. The SMILES string of the molecule is C=P(C)(C)CC[C@@]1(C)O[C@@H](n2cnc3c(N)ccnc32)[C@H](C)[C@@H]1O. The van der Waals surface area contributed by atoms with Gasteiger partial charge in [-0.3, -0.25) is 4.57 Å². The number of pyridine rings is 1. The average Bonchev–Trinajstić information content (AvgIpc) is 3.02. The molecule has 3 heterocycles. The van der Waals surface area contributed by atoms with Gasteiger partial charge < -0.3 is 15.6 Å². The molecule has 24 heavy (non-hydrogen) atoms. The molecule has 4 atom stereocenters. The summed E-state index contributed by atoms with van der Waals surface area (Å²) in [5.74, 6) is -0.0677. The quantitative estimate of drug-likeness (QED) is 0.827. The second kappa shape index (κ2) is 5.87. The number of hydrogen-bond donors (Lipinski definition) is 2. The van der Waals surface area contributed by atoms with Crippen molar-refractivity contribution in [3.8, 4) is 0 Å². The van der Waals surface area contributed by atoms with Crippen LogP contribution in [0.4, 0.5) is 5.69 Å². The Morgan fingerprint density at radius 2 is 2.17 bits per heavy atom. The molecule has 0 unspecified atom stereocenters. The molecule has 132 valence electrons. The van der Waals surface area contributed by atoms with Gasteiger partial charge in [-0.1, -0.05) is 6.92 Å². The summed E-state index contributed by atoms with van der Waals surface area (Å²) < 4.78 is 8.23. The van der Waals surface area contributed by atoms with Crippen LogP contribution < -0.4 is 5.73 Å². The van der Waals surface area contributed by atoms with Gasteiger partial charge in [0.1, 0.15) is 11.7 Å². The van der Waals surface area contributed by atoms with Crippen molar-refractivity contribution in [2.75, 3.05) is 25.2 Å². The molecule has 0 aromatic carbocycles. The third kappa shape index (κ3) is 2.99. The Hall–Kier alpha value is -1.36.